The molecule has 98 valence electrons. The normalized spacial score (nSPS) is 19.0. The van der Waals surface area contributed by atoms with Crippen LogP contribution < -0.4 is 10.6 Å². The smallest absolute Gasteiger partial charge is 0.137 e. The predicted molar refractivity (Wildman–Crippen MR) is 73.7 cm³/mol. The van der Waals surface area contributed by atoms with Crippen LogP contribution in [0.5, 0.6) is 0 Å². The fraction of sp³-hybridized carbons (Fsp3) is 0.714. The first kappa shape index (κ1) is 11.8. The molecule has 0 atom stereocenters. The lowest BCUT2D eigenvalue weighted by atomic mass is 10.2. The van der Waals surface area contributed by atoms with Gasteiger partial charge in [-0.05, 0) is 38.5 Å². The van der Waals surface area contributed by atoms with Crippen molar-refractivity contribution in [2.24, 2.45) is 5.92 Å². The first-order valence-corrected chi connectivity index (χ1v) is 7.08. The summed E-state index contributed by atoms with van der Waals surface area (Å²) in [6.07, 6.45) is 6.21. The summed E-state index contributed by atoms with van der Waals surface area (Å²) < 4.78 is 0. The Morgan fingerprint density at radius 1 is 1.22 bits per heavy atom. The molecule has 3 rings (SSSR count). The highest BCUT2D eigenvalue weighted by Gasteiger charge is 2.35. The fourth-order valence-corrected chi connectivity index (χ4v) is 2.38. The predicted octanol–water partition coefficient (Wildman–Crippen LogP) is 2.31. The van der Waals surface area contributed by atoms with E-state index in [0.717, 1.165) is 36.1 Å². The minimum Gasteiger partial charge on any atom is -0.383 e. The lowest BCUT2D eigenvalue weighted by Crippen LogP contribution is -2.30. The maximum Gasteiger partial charge on any atom is 0.137 e. The van der Waals surface area contributed by atoms with Crippen molar-refractivity contribution in [2.45, 2.75) is 52.0 Å². The number of rotatable bonds is 5. The largest absolute Gasteiger partial charge is 0.383 e. The van der Waals surface area contributed by atoms with Gasteiger partial charge in [0.25, 0.3) is 0 Å². The number of aromatic nitrogens is 2. The highest BCUT2D eigenvalue weighted by molar-refractivity contribution is 5.57. The van der Waals surface area contributed by atoms with Gasteiger partial charge in [0, 0.05) is 24.6 Å². The number of nitrogens with two attached hydrogens (primary N) is 1. The maximum atomic E-state index is 6.02. The van der Waals surface area contributed by atoms with Gasteiger partial charge in [-0.15, -0.1) is 0 Å². The van der Waals surface area contributed by atoms with E-state index in [1.165, 1.54) is 25.7 Å². The van der Waals surface area contributed by atoms with Crippen LogP contribution in [0.2, 0.25) is 0 Å². The van der Waals surface area contributed by atoms with Crippen molar-refractivity contribution in [2.75, 3.05) is 17.2 Å². The average molecular weight is 246 g/mol. The second-order valence-corrected chi connectivity index (χ2v) is 5.65. The van der Waals surface area contributed by atoms with E-state index in [1.54, 1.807) is 0 Å². The van der Waals surface area contributed by atoms with Crippen molar-refractivity contribution in [3.8, 4) is 0 Å². The Morgan fingerprint density at radius 2 is 1.94 bits per heavy atom. The first-order chi connectivity index (χ1) is 8.69. The lowest BCUT2D eigenvalue weighted by Gasteiger charge is -2.26. The maximum absolute atomic E-state index is 6.02. The molecule has 4 nitrogen and oxygen atoms in total. The first-order valence-electron chi connectivity index (χ1n) is 7.08. The molecule has 0 bridgehead atoms. The van der Waals surface area contributed by atoms with Crippen molar-refractivity contribution < 1.29 is 0 Å². The highest BCUT2D eigenvalue weighted by atomic mass is 15.3. The second-order valence-electron chi connectivity index (χ2n) is 5.65. The van der Waals surface area contributed by atoms with Gasteiger partial charge in [-0.25, -0.2) is 9.97 Å². The van der Waals surface area contributed by atoms with Gasteiger partial charge in [-0.3, -0.25) is 0 Å². The highest BCUT2D eigenvalue weighted by Crippen LogP contribution is 2.38. The molecular formula is C14H22N4. The topological polar surface area (TPSA) is 55.0 Å². The molecule has 2 saturated carbocycles. The molecule has 4 heteroatoms. The molecule has 1 heterocycles. The number of nitrogen functional groups attached to an aromatic ring is 1. The average Bonchev–Trinajstić information content (AvgIpc) is 3.23. The molecular weight excluding hydrogens is 224 g/mol. The van der Waals surface area contributed by atoms with Gasteiger partial charge in [0.05, 0.1) is 0 Å². The molecule has 2 N–H and O–H groups in total. The van der Waals surface area contributed by atoms with Crippen molar-refractivity contribution >= 4 is 11.6 Å². The van der Waals surface area contributed by atoms with Crippen LogP contribution in [0.4, 0.5) is 11.6 Å². The summed E-state index contributed by atoms with van der Waals surface area (Å²) in [5.41, 5.74) is 7.08. The van der Waals surface area contributed by atoms with E-state index in [2.05, 4.69) is 16.8 Å². The van der Waals surface area contributed by atoms with Crippen molar-refractivity contribution in [3.05, 3.63) is 11.4 Å². The van der Waals surface area contributed by atoms with Crippen molar-refractivity contribution in [3.63, 3.8) is 0 Å². The van der Waals surface area contributed by atoms with Crippen LogP contribution in [0.15, 0.2) is 0 Å². The number of nitrogens with zero attached hydrogens (tertiary/aromatic N) is 3. The molecule has 1 aromatic heterocycles. The Labute approximate surface area is 109 Å². The zero-order valence-electron chi connectivity index (χ0n) is 11.3. The van der Waals surface area contributed by atoms with E-state index in [1.807, 2.05) is 6.92 Å². The molecule has 0 spiro atoms. The monoisotopic (exact) mass is 246 g/mol. The lowest BCUT2D eigenvalue weighted by molar-refractivity contribution is 0.701. The van der Waals surface area contributed by atoms with Crippen LogP contribution in [0, 0.1) is 12.8 Å². The summed E-state index contributed by atoms with van der Waals surface area (Å²) in [5.74, 6) is 3.49. The van der Waals surface area contributed by atoms with Crippen LogP contribution in [0.3, 0.4) is 0 Å². The number of hydrogen-bond donors (Lipinski definition) is 1. The van der Waals surface area contributed by atoms with E-state index in [4.69, 9.17) is 10.7 Å². The third kappa shape index (κ3) is 2.28. The second kappa shape index (κ2) is 4.41. The Morgan fingerprint density at radius 3 is 2.50 bits per heavy atom. The summed E-state index contributed by atoms with van der Waals surface area (Å²) in [5, 5.41) is 0. The van der Waals surface area contributed by atoms with Gasteiger partial charge in [0.1, 0.15) is 17.5 Å². The van der Waals surface area contributed by atoms with Crippen LogP contribution in [0.1, 0.15) is 44.0 Å². The summed E-state index contributed by atoms with van der Waals surface area (Å²) in [7, 11) is 0. The van der Waals surface area contributed by atoms with Gasteiger partial charge in [-0.1, -0.05) is 6.92 Å². The van der Waals surface area contributed by atoms with Gasteiger partial charge >= 0.3 is 0 Å². The van der Waals surface area contributed by atoms with Crippen LogP contribution in [0.25, 0.3) is 0 Å². The molecule has 2 aliphatic rings. The summed E-state index contributed by atoms with van der Waals surface area (Å²) >= 11 is 0. The molecule has 1 aromatic rings. The molecule has 2 fully saturated rings. The Hall–Kier alpha value is -1.32. The van der Waals surface area contributed by atoms with E-state index < -0.39 is 0 Å². The van der Waals surface area contributed by atoms with Gasteiger partial charge in [0.15, 0.2) is 0 Å². The number of anilines is 2. The molecule has 0 aliphatic heterocycles. The molecule has 0 radical (unpaired) electrons. The third-order valence-corrected chi connectivity index (χ3v) is 3.93. The Kier molecular flexibility index (Phi) is 2.88. The third-order valence-electron chi connectivity index (χ3n) is 3.93. The Bertz CT molecular complexity index is 449. The van der Waals surface area contributed by atoms with Crippen molar-refractivity contribution in [1.29, 1.82) is 0 Å². The summed E-state index contributed by atoms with van der Waals surface area (Å²) in [4.78, 5) is 11.6. The van der Waals surface area contributed by atoms with E-state index >= 15 is 0 Å². The quantitative estimate of drug-likeness (QED) is 0.866. The van der Waals surface area contributed by atoms with Crippen LogP contribution in [-0.2, 0) is 6.42 Å². The molecule has 0 saturated heterocycles. The van der Waals surface area contributed by atoms with Gasteiger partial charge in [-0.2, -0.15) is 0 Å². The van der Waals surface area contributed by atoms with Crippen LogP contribution >= 0.6 is 0 Å². The van der Waals surface area contributed by atoms with Crippen molar-refractivity contribution in [1.82, 2.24) is 9.97 Å². The molecule has 18 heavy (non-hydrogen) atoms. The minimum absolute atomic E-state index is 0.651. The molecule has 0 aromatic carbocycles. The van der Waals surface area contributed by atoms with Gasteiger partial charge < -0.3 is 10.6 Å². The summed E-state index contributed by atoms with van der Waals surface area (Å²) in [6.45, 7) is 5.29. The van der Waals surface area contributed by atoms with Gasteiger partial charge in [0.2, 0.25) is 0 Å². The fourth-order valence-electron chi connectivity index (χ4n) is 2.38. The standard InChI is InChI=1S/C14H22N4/c1-3-12-16-13(15)9(2)14(17-12)18(11-6-7-11)8-10-4-5-10/h10-11H,3-8H2,1-2H3,(H2,15,16,17). The zero-order chi connectivity index (χ0) is 12.7. The molecule has 0 unspecified atom stereocenters. The Balaban J connectivity index is 1.93. The minimum atomic E-state index is 0.651. The van der Waals surface area contributed by atoms with Crippen LogP contribution in [-0.4, -0.2) is 22.6 Å². The van der Waals surface area contributed by atoms with E-state index in [9.17, 15) is 0 Å². The summed E-state index contributed by atoms with van der Waals surface area (Å²) in [6, 6.07) is 0.698. The molecule has 2 aliphatic carbocycles. The van der Waals surface area contributed by atoms with E-state index in [0.29, 0.717) is 11.9 Å². The molecule has 0 amide bonds. The number of aryl methyl sites for hydroxylation is 1. The number of hydrogen-bond acceptors (Lipinski definition) is 4. The SMILES string of the molecule is CCc1nc(N)c(C)c(N(CC2CC2)C2CC2)n1. The van der Waals surface area contributed by atoms with E-state index in [-0.39, 0.29) is 0 Å². The zero-order valence-corrected chi connectivity index (χ0v) is 11.3.